The molecular formula is C35H47N6O7S+. The van der Waals surface area contributed by atoms with Gasteiger partial charge in [0.15, 0.2) is 0 Å². The zero-order valence-corrected chi connectivity index (χ0v) is 29.0. The SMILES string of the molecule is CCCN(C)CC1CCN(c2ccc(C(=O)N[S+](=O)(O)c3ccc(NCC4CCOCC4)c(N=O)c3)c(Oc3cncc(CO)c3)c2)CC1. The second kappa shape index (κ2) is 17.1. The number of ether oxygens (including phenoxy) is 2. The third kappa shape index (κ3) is 9.82. The van der Waals surface area contributed by atoms with Crippen LogP contribution in [0.25, 0.3) is 0 Å². The lowest BCUT2D eigenvalue weighted by atomic mass is 9.95. The molecule has 2 aliphatic heterocycles. The smallest absolute Gasteiger partial charge is 0.349 e. The second-order valence-electron chi connectivity index (χ2n) is 12.8. The molecule has 3 aromatic rings. The Bertz CT molecular complexity index is 1630. The normalized spacial score (nSPS) is 17.0. The number of nitroso groups, excluding NO2 is 1. The van der Waals surface area contributed by atoms with E-state index in [0.29, 0.717) is 48.6 Å². The maximum absolute atomic E-state index is 13.6. The van der Waals surface area contributed by atoms with Gasteiger partial charge in [0.2, 0.25) is 4.90 Å². The third-order valence-electron chi connectivity index (χ3n) is 9.09. The first-order valence-corrected chi connectivity index (χ1v) is 18.4. The van der Waals surface area contributed by atoms with Gasteiger partial charge in [-0.25, -0.2) is 0 Å². The van der Waals surface area contributed by atoms with Crippen LogP contribution in [0.5, 0.6) is 11.5 Å². The average Bonchev–Trinajstić information content (AvgIpc) is 3.11. The van der Waals surface area contributed by atoms with E-state index >= 15 is 0 Å². The lowest BCUT2D eigenvalue weighted by Crippen LogP contribution is -2.38. The fourth-order valence-electron chi connectivity index (χ4n) is 6.35. The van der Waals surface area contributed by atoms with Crippen molar-refractivity contribution in [1.29, 1.82) is 0 Å². The van der Waals surface area contributed by atoms with Crippen molar-refractivity contribution < 1.29 is 28.1 Å². The Morgan fingerprint density at radius 3 is 2.59 bits per heavy atom. The summed E-state index contributed by atoms with van der Waals surface area (Å²) in [5.74, 6) is 0.592. The van der Waals surface area contributed by atoms with Crippen molar-refractivity contribution in [1.82, 2.24) is 14.6 Å². The lowest BCUT2D eigenvalue weighted by Gasteiger charge is -2.35. The summed E-state index contributed by atoms with van der Waals surface area (Å²) < 4.78 is 38.3. The van der Waals surface area contributed by atoms with E-state index in [1.807, 2.05) is 0 Å². The minimum Gasteiger partial charge on any atom is -0.455 e. The number of pyridine rings is 1. The molecule has 2 aliphatic rings. The van der Waals surface area contributed by atoms with E-state index in [1.165, 1.54) is 30.6 Å². The number of hydrogen-bond acceptors (Lipinski definition) is 11. The molecule has 0 radical (unpaired) electrons. The predicted octanol–water partition coefficient (Wildman–Crippen LogP) is 5.84. The summed E-state index contributed by atoms with van der Waals surface area (Å²) in [4.78, 5) is 33.9. The lowest BCUT2D eigenvalue weighted by molar-refractivity contribution is 0.0699. The van der Waals surface area contributed by atoms with Gasteiger partial charge in [-0.2, -0.15) is 4.55 Å². The summed E-state index contributed by atoms with van der Waals surface area (Å²) in [6.07, 6.45) is 7.96. The van der Waals surface area contributed by atoms with Crippen molar-refractivity contribution in [2.45, 2.75) is 50.5 Å². The Morgan fingerprint density at radius 1 is 1.10 bits per heavy atom. The Kier molecular flexibility index (Phi) is 12.7. The highest BCUT2D eigenvalue weighted by molar-refractivity contribution is 7.96. The van der Waals surface area contributed by atoms with Crippen molar-refractivity contribution in [3.8, 4) is 11.5 Å². The molecule has 5 rings (SSSR count). The average molecular weight is 696 g/mol. The quantitative estimate of drug-likeness (QED) is 0.112. The zero-order chi connectivity index (χ0) is 34.8. The van der Waals surface area contributed by atoms with Crippen LogP contribution in [0.1, 0.15) is 54.9 Å². The molecule has 49 heavy (non-hydrogen) atoms. The van der Waals surface area contributed by atoms with Gasteiger partial charge >= 0.3 is 10.4 Å². The topological polar surface area (TPSA) is 166 Å². The van der Waals surface area contributed by atoms with Crippen LogP contribution in [0.2, 0.25) is 0 Å². The number of carbonyl (C=O) groups excluding carboxylic acids is 1. The molecule has 264 valence electrons. The zero-order valence-electron chi connectivity index (χ0n) is 28.2. The van der Waals surface area contributed by atoms with E-state index in [1.54, 1.807) is 24.3 Å². The number of amides is 1. The van der Waals surface area contributed by atoms with Crippen molar-refractivity contribution in [2.24, 2.45) is 17.0 Å². The number of nitrogens with one attached hydrogen (secondary N) is 2. The number of piperidine rings is 1. The summed E-state index contributed by atoms with van der Waals surface area (Å²) in [6.45, 7) is 7.75. The number of nitrogens with zero attached hydrogens (tertiary/aromatic N) is 4. The van der Waals surface area contributed by atoms with E-state index < -0.39 is 16.3 Å². The van der Waals surface area contributed by atoms with Crippen molar-refractivity contribution >= 4 is 33.4 Å². The fraction of sp³-hybridized carbons (Fsp3) is 0.486. The van der Waals surface area contributed by atoms with Gasteiger partial charge in [0.05, 0.1) is 24.1 Å². The molecule has 1 unspecified atom stereocenters. The number of benzene rings is 2. The molecule has 14 heteroatoms. The molecule has 0 aliphatic carbocycles. The number of aliphatic hydroxyl groups is 1. The van der Waals surface area contributed by atoms with Crippen LogP contribution < -0.4 is 19.7 Å². The van der Waals surface area contributed by atoms with Crippen molar-refractivity contribution in [2.75, 3.05) is 63.2 Å². The standard InChI is InChI=1S/C35H46N6O7S/c1-3-12-40(2)23-26-8-13-41(14-9-26)28-4-6-31(34(18-28)48-29-17-27(24-42)20-36-22-29)35(43)39-49(45,46)30-5-7-32(33(19-30)38-44)37-21-25-10-15-47-16-11-25/h4-7,17-20,22,25-26,42H,3,8-16,21,23-24H2,1-2H3,(H2-,37,39,43,44,45,46)/p+1. The minimum atomic E-state index is -4.15. The number of aromatic nitrogens is 1. The Hall–Kier alpha value is -3.95. The van der Waals surface area contributed by atoms with Crippen LogP contribution in [0, 0.1) is 16.7 Å². The second-order valence-corrected chi connectivity index (χ2v) is 14.6. The Balaban J connectivity index is 1.33. The summed E-state index contributed by atoms with van der Waals surface area (Å²) in [5, 5.41) is 15.9. The Labute approximate surface area is 288 Å². The molecule has 2 fully saturated rings. The predicted molar refractivity (Wildman–Crippen MR) is 190 cm³/mol. The summed E-state index contributed by atoms with van der Waals surface area (Å²) >= 11 is 0. The van der Waals surface area contributed by atoms with Gasteiger partial charge in [0.1, 0.15) is 17.2 Å². The molecule has 1 atom stereocenters. The first-order chi connectivity index (χ1) is 23.7. The van der Waals surface area contributed by atoms with E-state index in [4.69, 9.17) is 9.47 Å². The first-order valence-electron chi connectivity index (χ1n) is 16.9. The highest BCUT2D eigenvalue weighted by Gasteiger charge is 2.35. The highest BCUT2D eigenvalue weighted by Crippen LogP contribution is 2.34. The van der Waals surface area contributed by atoms with Gasteiger partial charge in [0.25, 0.3) is 5.91 Å². The third-order valence-corrected chi connectivity index (χ3v) is 10.4. The fourth-order valence-corrected chi connectivity index (χ4v) is 7.36. The highest BCUT2D eigenvalue weighted by atomic mass is 32.3. The first kappa shape index (κ1) is 36.3. The Morgan fingerprint density at radius 2 is 1.88 bits per heavy atom. The van der Waals surface area contributed by atoms with E-state index in [-0.39, 0.29) is 28.5 Å². The number of aliphatic hydroxyl groups excluding tert-OH is 1. The molecule has 1 aromatic heterocycles. The minimum absolute atomic E-state index is 0.0273. The van der Waals surface area contributed by atoms with Gasteiger partial charge in [0, 0.05) is 69.5 Å². The number of rotatable bonds is 15. The van der Waals surface area contributed by atoms with Gasteiger partial charge in [-0.3, -0.25) is 9.78 Å². The van der Waals surface area contributed by atoms with Crippen molar-refractivity contribution in [3.63, 3.8) is 0 Å². The maximum Gasteiger partial charge on any atom is 0.349 e. The van der Waals surface area contributed by atoms with Crippen molar-refractivity contribution in [3.05, 3.63) is 70.9 Å². The van der Waals surface area contributed by atoms with Gasteiger partial charge in [-0.1, -0.05) is 6.92 Å². The monoisotopic (exact) mass is 695 g/mol. The molecule has 0 spiro atoms. The molecule has 4 N–H and O–H groups in total. The maximum atomic E-state index is 13.6. The van der Waals surface area contributed by atoms with Gasteiger partial charge in [-0.05, 0) is 96.7 Å². The van der Waals surface area contributed by atoms with Crippen LogP contribution in [-0.4, -0.2) is 78.4 Å². The summed E-state index contributed by atoms with van der Waals surface area (Å²) in [6, 6.07) is 10.8. The largest absolute Gasteiger partial charge is 0.455 e. The molecule has 13 nitrogen and oxygen atoms in total. The molecule has 2 saturated heterocycles. The van der Waals surface area contributed by atoms with Crippen LogP contribution in [0.3, 0.4) is 0 Å². The molecule has 2 aromatic carbocycles. The summed E-state index contributed by atoms with van der Waals surface area (Å²) in [5.41, 5.74) is 1.81. The van der Waals surface area contributed by atoms with Crippen LogP contribution in [0.4, 0.5) is 17.1 Å². The number of hydrogen-bond donors (Lipinski definition) is 4. The summed E-state index contributed by atoms with van der Waals surface area (Å²) in [7, 11) is -1.99. The van der Waals surface area contributed by atoms with Crippen LogP contribution in [-0.2, 0) is 26.0 Å². The number of anilines is 2. The van der Waals surface area contributed by atoms with E-state index in [2.05, 4.69) is 44.0 Å². The molecule has 3 heterocycles. The van der Waals surface area contributed by atoms with Gasteiger partial charge in [-0.15, -0.1) is 9.63 Å². The van der Waals surface area contributed by atoms with E-state index in [0.717, 1.165) is 64.0 Å². The molecular weight excluding hydrogens is 648 g/mol. The van der Waals surface area contributed by atoms with Crippen LogP contribution >= 0.6 is 0 Å². The van der Waals surface area contributed by atoms with Crippen LogP contribution in [0.15, 0.2) is 64.9 Å². The molecule has 0 saturated carbocycles. The number of carbonyl (C=O) groups is 1. The molecule has 1 amide bonds. The van der Waals surface area contributed by atoms with E-state index in [9.17, 15) is 23.6 Å². The van der Waals surface area contributed by atoms with Gasteiger partial charge < -0.3 is 29.7 Å². The molecule has 0 bridgehead atoms.